The van der Waals surface area contributed by atoms with Crippen molar-refractivity contribution in [3.8, 4) is 11.5 Å². The number of rotatable bonds is 6. The number of ether oxygens (including phenoxy) is 1. The minimum absolute atomic E-state index is 0.0622. The van der Waals surface area contributed by atoms with E-state index in [9.17, 15) is 23.9 Å². The Labute approximate surface area is 305 Å². The van der Waals surface area contributed by atoms with Gasteiger partial charge in [-0.15, -0.1) is 0 Å². The van der Waals surface area contributed by atoms with Gasteiger partial charge in [0.15, 0.2) is 0 Å². The van der Waals surface area contributed by atoms with Gasteiger partial charge in [-0.25, -0.2) is 4.39 Å². The number of anilines is 2. The number of hydrogen-bond acceptors (Lipinski definition) is 7. The molecule has 1 saturated carbocycles. The number of allylic oxidation sites excluding steroid dienone is 2. The molecule has 4 aromatic carbocycles. The van der Waals surface area contributed by atoms with Crippen LogP contribution in [0.15, 0.2) is 107 Å². The molecule has 2 aliphatic heterocycles. The van der Waals surface area contributed by atoms with Gasteiger partial charge in [-0.3, -0.25) is 29.5 Å². The number of phenols is 1. The highest BCUT2D eigenvalue weighted by Gasteiger charge is 2.70. The summed E-state index contributed by atoms with van der Waals surface area (Å²) in [6.07, 6.45) is 2.28. The largest absolute Gasteiger partial charge is 0.508 e. The number of methoxy groups -OCH3 is 1. The molecule has 0 bridgehead atoms. The highest BCUT2D eigenvalue weighted by atomic mass is 79.9. The summed E-state index contributed by atoms with van der Waals surface area (Å²) in [5, 5.41) is 11.9. The van der Waals surface area contributed by atoms with Gasteiger partial charge >= 0.3 is 0 Å². The molecule has 258 valence electrons. The molecule has 2 N–H and O–H groups in total. The van der Waals surface area contributed by atoms with Gasteiger partial charge in [0.2, 0.25) is 11.8 Å². The van der Waals surface area contributed by atoms with Crippen LogP contribution < -0.4 is 15.1 Å². The molecule has 0 radical (unpaired) electrons. The van der Waals surface area contributed by atoms with Crippen molar-refractivity contribution in [2.75, 3.05) is 17.4 Å². The number of carbonyl (C=O) groups excluding carboxylic acids is 4. The van der Waals surface area contributed by atoms with Crippen LogP contribution in [0.3, 0.4) is 0 Å². The Kier molecular flexibility index (Phi) is 8.03. The number of nitrogens with zero attached hydrogens (tertiary/aromatic N) is 2. The predicted molar refractivity (Wildman–Crippen MR) is 190 cm³/mol. The van der Waals surface area contributed by atoms with E-state index < -0.39 is 52.6 Å². The zero-order valence-electron chi connectivity index (χ0n) is 27.1. The van der Waals surface area contributed by atoms with Crippen molar-refractivity contribution in [1.29, 1.82) is 0 Å². The summed E-state index contributed by atoms with van der Waals surface area (Å²) in [5.74, 6) is -5.99. The second-order valence-corrected chi connectivity index (χ2v) is 14.6. The van der Waals surface area contributed by atoms with E-state index in [4.69, 9.17) is 16.3 Å². The third-order valence-corrected chi connectivity index (χ3v) is 11.6. The predicted octanol–water partition coefficient (Wildman–Crippen LogP) is 7.15. The molecule has 2 heterocycles. The van der Waals surface area contributed by atoms with Crippen LogP contribution in [0, 0.1) is 29.5 Å². The second kappa shape index (κ2) is 12.3. The number of carbonyl (C=O) groups is 4. The van der Waals surface area contributed by atoms with Crippen LogP contribution in [0.5, 0.6) is 11.5 Å². The molecule has 51 heavy (non-hydrogen) atoms. The number of fused-ring (bicyclic) bond motifs is 4. The smallest absolute Gasteiger partial charge is 0.260 e. The van der Waals surface area contributed by atoms with E-state index in [2.05, 4.69) is 21.4 Å². The van der Waals surface area contributed by atoms with Crippen molar-refractivity contribution in [3.63, 3.8) is 0 Å². The summed E-state index contributed by atoms with van der Waals surface area (Å²) in [7, 11) is 1.45. The number of hydrazine groups is 1. The van der Waals surface area contributed by atoms with Crippen molar-refractivity contribution >= 4 is 62.5 Å². The zero-order chi connectivity index (χ0) is 35.8. The number of halogens is 3. The summed E-state index contributed by atoms with van der Waals surface area (Å²) in [6, 6.07) is 23.6. The Bertz CT molecular complexity index is 2140. The zero-order valence-corrected chi connectivity index (χ0v) is 29.4. The van der Waals surface area contributed by atoms with Gasteiger partial charge in [0.1, 0.15) is 17.3 Å². The average molecular weight is 771 g/mol. The summed E-state index contributed by atoms with van der Waals surface area (Å²) in [5.41, 5.74) is 3.90. The fourth-order valence-electron chi connectivity index (χ4n) is 8.78. The first-order valence-corrected chi connectivity index (χ1v) is 17.6. The topological polar surface area (TPSA) is 116 Å². The molecule has 0 spiro atoms. The first kappa shape index (κ1) is 33.2. The molecule has 8 rings (SSSR count). The van der Waals surface area contributed by atoms with E-state index in [0.29, 0.717) is 27.5 Å². The molecule has 4 amide bonds. The maximum atomic E-state index is 15.2. The van der Waals surface area contributed by atoms with E-state index in [-0.39, 0.29) is 36.2 Å². The number of imide groups is 2. The highest BCUT2D eigenvalue weighted by Crippen LogP contribution is 2.65. The summed E-state index contributed by atoms with van der Waals surface area (Å²) in [4.78, 5) is 59.7. The van der Waals surface area contributed by atoms with Crippen LogP contribution >= 0.6 is 27.5 Å². The fraction of sp³-hybridized carbons (Fsp3) is 0.231. The van der Waals surface area contributed by atoms with Gasteiger partial charge < -0.3 is 9.84 Å². The van der Waals surface area contributed by atoms with Gasteiger partial charge in [0, 0.05) is 27.0 Å². The molecule has 0 aromatic heterocycles. The van der Waals surface area contributed by atoms with E-state index in [0.717, 1.165) is 15.1 Å². The van der Waals surface area contributed by atoms with Crippen molar-refractivity contribution < 1.29 is 33.4 Å². The van der Waals surface area contributed by atoms with Crippen LogP contribution in [-0.4, -0.2) is 40.9 Å². The molecule has 9 nitrogen and oxygen atoms in total. The number of aromatic hydroxyl groups is 1. The second-order valence-electron chi connectivity index (χ2n) is 13.3. The van der Waals surface area contributed by atoms with E-state index in [1.54, 1.807) is 54.6 Å². The average Bonchev–Trinajstić information content (AvgIpc) is 3.50. The van der Waals surface area contributed by atoms with Crippen molar-refractivity contribution in [2.24, 2.45) is 23.7 Å². The van der Waals surface area contributed by atoms with Crippen LogP contribution in [0.1, 0.15) is 29.9 Å². The van der Waals surface area contributed by atoms with Crippen molar-refractivity contribution in [2.45, 2.75) is 24.2 Å². The van der Waals surface area contributed by atoms with Gasteiger partial charge in [-0.05, 0) is 91.1 Å². The third kappa shape index (κ3) is 5.00. The quantitative estimate of drug-likeness (QED) is 0.158. The Morgan fingerprint density at radius 2 is 1.61 bits per heavy atom. The third-order valence-electron chi connectivity index (χ3n) is 10.9. The Morgan fingerprint density at radius 1 is 0.902 bits per heavy atom. The van der Waals surface area contributed by atoms with Crippen LogP contribution in [0.2, 0.25) is 5.02 Å². The Balaban J connectivity index is 1.34. The van der Waals surface area contributed by atoms with E-state index >= 15 is 4.79 Å². The molecule has 6 atom stereocenters. The first-order valence-electron chi connectivity index (χ1n) is 16.4. The Morgan fingerprint density at radius 3 is 2.29 bits per heavy atom. The number of phenolic OH excluding ortho intramolecular Hbond substituents is 1. The number of amides is 4. The Hall–Kier alpha value is -5.00. The normalized spacial score (nSPS) is 26.8. The van der Waals surface area contributed by atoms with Crippen molar-refractivity contribution in [1.82, 2.24) is 5.01 Å². The number of benzene rings is 4. The van der Waals surface area contributed by atoms with Gasteiger partial charge in [-0.2, -0.15) is 5.01 Å². The molecule has 4 aliphatic rings. The van der Waals surface area contributed by atoms with E-state index in [1.165, 1.54) is 48.4 Å². The van der Waals surface area contributed by atoms with Crippen LogP contribution in [0.25, 0.3) is 0 Å². The van der Waals surface area contributed by atoms with E-state index in [1.807, 2.05) is 6.08 Å². The van der Waals surface area contributed by atoms with Crippen molar-refractivity contribution in [3.05, 3.63) is 129 Å². The first-order chi connectivity index (χ1) is 24.5. The summed E-state index contributed by atoms with van der Waals surface area (Å²) in [6.45, 7) is 0. The molecular weight excluding hydrogens is 741 g/mol. The van der Waals surface area contributed by atoms with Crippen LogP contribution in [0.4, 0.5) is 15.8 Å². The van der Waals surface area contributed by atoms with Gasteiger partial charge in [0.05, 0.1) is 41.7 Å². The molecule has 2 aliphatic carbocycles. The molecule has 6 unspecified atom stereocenters. The molecule has 3 fully saturated rings. The maximum absolute atomic E-state index is 15.2. The highest BCUT2D eigenvalue weighted by molar-refractivity contribution is 9.10. The SMILES string of the molecule is COc1cc(O)ccc1C1C2=CCC3C(=O)N(c4ccc(Br)cc4)C(=O)C3C2CC2C(=O)N(Nc3ccc(F)cc3)C(=O)C21c1ccc(Cl)cc1. The summed E-state index contributed by atoms with van der Waals surface area (Å²) >= 11 is 9.77. The standard InChI is InChI=1S/C39H30BrClFN3O6/c1-51-32-18-26(46)14-15-28(32)34-27-16-17-29-33(37(49)44(35(29)47)25-12-4-21(40)5-13-25)30(27)19-31-36(48)45(43-24-10-8-23(42)9-11-24)38(50)39(31,34)20-2-6-22(41)7-3-20/h2-16,18,29-31,33-34,43,46H,17,19H2,1H3. The molecule has 12 heteroatoms. The lowest BCUT2D eigenvalue weighted by Crippen LogP contribution is -2.53. The lowest BCUT2D eigenvalue weighted by Gasteiger charge is -2.50. The minimum atomic E-state index is -1.58. The van der Waals surface area contributed by atoms with Crippen LogP contribution in [-0.2, 0) is 24.6 Å². The molecule has 2 saturated heterocycles. The number of hydrogen-bond donors (Lipinski definition) is 2. The monoisotopic (exact) mass is 769 g/mol. The molecular formula is C39H30BrClFN3O6. The van der Waals surface area contributed by atoms with Gasteiger partial charge in [-0.1, -0.05) is 57.4 Å². The fourth-order valence-corrected chi connectivity index (χ4v) is 9.17. The lowest BCUT2D eigenvalue weighted by molar-refractivity contribution is -0.138. The number of nitrogens with one attached hydrogen (secondary N) is 1. The van der Waals surface area contributed by atoms with Gasteiger partial charge in [0.25, 0.3) is 11.8 Å². The minimum Gasteiger partial charge on any atom is -0.508 e. The summed E-state index contributed by atoms with van der Waals surface area (Å²) < 4.78 is 20.5. The molecule has 4 aromatic rings. The maximum Gasteiger partial charge on any atom is 0.260 e. The lowest BCUT2D eigenvalue weighted by atomic mass is 9.49.